The zero-order valence-corrected chi connectivity index (χ0v) is 30.7. The fourth-order valence-electron chi connectivity index (χ4n) is 7.87. The first-order valence-electron chi connectivity index (χ1n) is 19.1. The Morgan fingerprint density at radius 2 is 0.750 bits per heavy atom. The van der Waals surface area contributed by atoms with E-state index in [-0.39, 0.29) is 0 Å². The summed E-state index contributed by atoms with van der Waals surface area (Å²) in [5, 5.41) is 3.52. The zero-order valence-electron chi connectivity index (χ0n) is 30.7. The molecular weight excluding hydrogens is 679 g/mol. The van der Waals surface area contributed by atoms with Crippen molar-refractivity contribution < 1.29 is 4.42 Å². The van der Waals surface area contributed by atoms with Gasteiger partial charge in [0, 0.05) is 28.0 Å². The van der Waals surface area contributed by atoms with Gasteiger partial charge in [-0.25, -0.2) is 0 Å². The van der Waals surface area contributed by atoms with Gasteiger partial charge in [-0.2, -0.15) is 0 Å². The standard InChI is InChI=1S/C54H37NO/c1-3-14-40(15-4-1)49-20-10-11-21-50(49)42-26-31-47(32-27-42)55(48-33-25-38-13-7-8-18-43(38)35-48)46-29-23-39(24-30-46)44-28-34-51(41-16-5-2-6-17-41)52(36-44)54-37-45-19-9-12-22-53(45)56-54/h1-37H. The summed E-state index contributed by atoms with van der Waals surface area (Å²) >= 11 is 0. The van der Waals surface area contributed by atoms with Crippen LogP contribution in [0.2, 0.25) is 0 Å². The number of fused-ring (bicyclic) bond motifs is 2. The minimum Gasteiger partial charge on any atom is -0.456 e. The van der Waals surface area contributed by atoms with Crippen molar-refractivity contribution in [3.8, 4) is 55.8 Å². The Balaban J connectivity index is 1.04. The molecule has 264 valence electrons. The Kier molecular flexibility index (Phi) is 8.55. The summed E-state index contributed by atoms with van der Waals surface area (Å²) in [5.41, 5.74) is 14.6. The molecular formula is C54H37NO. The smallest absolute Gasteiger partial charge is 0.136 e. The molecule has 10 aromatic rings. The summed E-state index contributed by atoms with van der Waals surface area (Å²) in [5.74, 6) is 0.862. The molecule has 2 nitrogen and oxygen atoms in total. The van der Waals surface area contributed by atoms with Crippen LogP contribution < -0.4 is 4.90 Å². The Bertz CT molecular complexity index is 2910. The maximum atomic E-state index is 6.45. The Morgan fingerprint density at radius 3 is 1.39 bits per heavy atom. The molecule has 0 saturated carbocycles. The number of nitrogens with zero attached hydrogens (tertiary/aromatic N) is 1. The van der Waals surface area contributed by atoms with Crippen LogP contribution in [0.4, 0.5) is 17.1 Å². The van der Waals surface area contributed by atoms with Crippen LogP contribution in [0.1, 0.15) is 0 Å². The highest BCUT2D eigenvalue weighted by Crippen LogP contribution is 2.41. The summed E-state index contributed by atoms with van der Waals surface area (Å²) in [6.07, 6.45) is 0. The highest BCUT2D eigenvalue weighted by Gasteiger charge is 2.17. The monoisotopic (exact) mass is 715 g/mol. The van der Waals surface area contributed by atoms with Crippen LogP contribution in [0.15, 0.2) is 229 Å². The summed E-state index contributed by atoms with van der Waals surface area (Å²) in [6, 6.07) is 80.0. The van der Waals surface area contributed by atoms with Crippen LogP contribution in [0.3, 0.4) is 0 Å². The van der Waals surface area contributed by atoms with E-state index in [9.17, 15) is 0 Å². The number of hydrogen-bond donors (Lipinski definition) is 0. The van der Waals surface area contributed by atoms with Gasteiger partial charge in [0.25, 0.3) is 0 Å². The largest absolute Gasteiger partial charge is 0.456 e. The highest BCUT2D eigenvalue weighted by atomic mass is 16.3. The van der Waals surface area contributed by atoms with Crippen molar-refractivity contribution in [3.63, 3.8) is 0 Å². The second kappa shape index (κ2) is 14.4. The molecule has 0 aliphatic heterocycles. The molecule has 1 aromatic heterocycles. The van der Waals surface area contributed by atoms with E-state index in [0.717, 1.165) is 61.6 Å². The van der Waals surface area contributed by atoms with Crippen LogP contribution in [0.5, 0.6) is 0 Å². The van der Waals surface area contributed by atoms with Crippen molar-refractivity contribution in [2.45, 2.75) is 0 Å². The molecule has 0 aliphatic rings. The van der Waals surface area contributed by atoms with E-state index in [4.69, 9.17) is 4.42 Å². The van der Waals surface area contributed by atoms with Crippen LogP contribution in [-0.4, -0.2) is 0 Å². The van der Waals surface area contributed by atoms with Gasteiger partial charge < -0.3 is 9.32 Å². The summed E-state index contributed by atoms with van der Waals surface area (Å²) in [4.78, 5) is 2.35. The van der Waals surface area contributed by atoms with E-state index >= 15 is 0 Å². The maximum Gasteiger partial charge on any atom is 0.136 e. The van der Waals surface area contributed by atoms with E-state index in [1.54, 1.807) is 0 Å². The second-order valence-corrected chi connectivity index (χ2v) is 14.1. The lowest BCUT2D eigenvalue weighted by Gasteiger charge is -2.26. The van der Waals surface area contributed by atoms with Crippen LogP contribution in [0.25, 0.3) is 77.6 Å². The lowest BCUT2D eigenvalue weighted by atomic mass is 9.93. The molecule has 0 radical (unpaired) electrons. The average Bonchev–Trinajstić information content (AvgIpc) is 3.72. The molecule has 0 fully saturated rings. The number of anilines is 3. The number of para-hydroxylation sites is 1. The molecule has 1 heterocycles. The topological polar surface area (TPSA) is 16.4 Å². The molecule has 0 N–H and O–H groups in total. The van der Waals surface area contributed by atoms with Gasteiger partial charge in [0.05, 0.1) is 0 Å². The molecule has 0 atom stereocenters. The van der Waals surface area contributed by atoms with Crippen molar-refractivity contribution in [3.05, 3.63) is 224 Å². The molecule has 56 heavy (non-hydrogen) atoms. The lowest BCUT2D eigenvalue weighted by Crippen LogP contribution is -2.09. The van der Waals surface area contributed by atoms with E-state index in [1.807, 2.05) is 12.1 Å². The molecule has 0 unspecified atom stereocenters. The molecule has 2 heteroatoms. The third-order valence-electron chi connectivity index (χ3n) is 10.7. The van der Waals surface area contributed by atoms with Crippen LogP contribution in [0, 0.1) is 0 Å². The molecule has 0 amide bonds. The van der Waals surface area contributed by atoms with Crippen molar-refractivity contribution in [2.75, 3.05) is 4.90 Å². The Morgan fingerprint density at radius 1 is 0.268 bits per heavy atom. The average molecular weight is 716 g/mol. The normalized spacial score (nSPS) is 11.2. The highest BCUT2D eigenvalue weighted by molar-refractivity contribution is 5.92. The number of benzene rings is 9. The fourth-order valence-corrected chi connectivity index (χ4v) is 7.87. The second-order valence-electron chi connectivity index (χ2n) is 14.1. The van der Waals surface area contributed by atoms with E-state index in [2.05, 4.69) is 217 Å². The molecule has 10 rings (SSSR count). The number of hydrogen-bond acceptors (Lipinski definition) is 2. The molecule has 0 bridgehead atoms. The van der Waals surface area contributed by atoms with E-state index in [1.165, 1.54) is 33.0 Å². The number of rotatable bonds is 8. The third-order valence-corrected chi connectivity index (χ3v) is 10.7. The van der Waals surface area contributed by atoms with Crippen molar-refractivity contribution in [1.29, 1.82) is 0 Å². The van der Waals surface area contributed by atoms with Crippen molar-refractivity contribution >= 4 is 38.8 Å². The minimum absolute atomic E-state index is 0.862. The van der Waals surface area contributed by atoms with Crippen molar-refractivity contribution in [1.82, 2.24) is 0 Å². The van der Waals surface area contributed by atoms with Crippen LogP contribution in [-0.2, 0) is 0 Å². The van der Waals surface area contributed by atoms with Gasteiger partial charge in [0.2, 0.25) is 0 Å². The van der Waals surface area contributed by atoms with Crippen LogP contribution >= 0.6 is 0 Å². The van der Waals surface area contributed by atoms with Gasteiger partial charge >= 0.3 is 0 Å². The third kappa shape index (κ3) is 6.34. The molecule has 0 saturated heterocycles. The summed E-state index contributed by atoms with van der Waals surface area (Å²) in [7, 11) is 0. The predicted molar refractivity (Wildman–Crippen MR) is 236 cm³/mol. The van der Waals surface area contributed by atoms with Gasteiger partial charge in [-0.1, -0.05) is 170 Å². The van der Waals surface area contributed by atoms with E-state index in [0.29, 0.717) is 0 Å². The van der Waals surface area contributed by atoms with Gasteiger partial charge in [-0.15, -0.1) is 0 Å². The van der Waals surface area contributed by atoms with Crippen molar-refractivity contribution in [2.24, 2.45) is 0 Å². The number of furan rings is 1. The fraction of sp³-hybridized carbons (Fsp3) is 0. The molecule has 9 aromatic carbocycles. The quantitative estimate of drug-likeness (QED) is 0.156. The van der Waals surface area contributed by atoms with Gasteiger partial charge in [-0.3, -0.25) is 0 Å². The summed E-state index contributed by atoms with van der Waals surface area (Å²) < 4.78 is 6.45. The zero-order chi connectivity index (χ0) is 37.3. The minimum atomic E-state index is 0.862. The summed E-state index contributed by atoms with van der Waals surface area (Å²) in [6.45, 7) is 0. The molecule has 0 aliphatic carbocycles. The predicted octanol–water partition coefficient (Wildman–Crippen LogP) is 15.4. The van der Waals surface area contributed by atoms with E-state index < -0.39 is 0 Å². The van der Waals surface area contributed by atoms with Gasteiger partial charge in [-0.05, 0) is 110 Å². The first kappa shape index (κ1) is 33.2. The van der Waals surface area contributed by atoms with Gasteiger partial charge in [0.15, 0.2) is 0 Å². The lowest BCUT2D eigenvalue weighted by molar-refractivity contribution is 0.632. The Labute approximate surface area is 327 Å². The maximum absolute atomic E-state index is 6.45. The first-order chi connectivity index (χ1) is 27.7. The van der Waals surface area contributed by atoms with Gasteiger partial charge in [0.1, 0.15) is 11.3 Å². The molecule has 0 spiro atoms. The SMILES string of the molecule is c1ccc(-c2ccccc2-c2ccc(N(c3ccc(-c4ccc(-c5ccccc5)c(-c5cc6ccccc6o5)c4)cc3)c3ccc4ccccc4c3)cc2)cc1. The Hall–Kier alpha value is -7.42. The first-order valence-corrected chi connectivity index (χ1v) is 19.1.